The number of para-hydroxylation sites is 1. The molecule has 0 radical (unpaired) electrons. The standard InChI is InChI=1S/C11H12N2/c1-2-3-5-9-6-4-7-10(8-12)11(9)13/h2-4,6-7H,5,13H2,1H3/b3-2+. The first-order valence-corrected chi connectivity index (χ1v) is 4.18. The normalized spacial score (nSPS) is 10.2. The minimum Gasteiger partial charge on any atom is -0.397 e. The number of nitriles is 1. The Balaban J connectivity index is 3.03. The lowest BCUT2D eigenvalue weighted by Gasteiger charge is -2.03. The van der Waals surface area contributed by atoms with E-state index in [1.165, 1.54) is 0 Å². The van der Waals surface area contributed by atoms with Gasteiger partial charge in [-0.1, -0.05) is 24.3 Å². The molecular formula is C11H12N2. The van der Waals surface area contributed by atoms with Gasteiger partial charge in [-0.2, -0.15) is 5.26 Å². The SMILES string of the molecule is C/C=C/Cc1cccc(C#N)c1N. The molecule has 0 saturated carbocycles. The van der Waals surface area contributed by atoms with Gasteiger partial charge in [0.15, 0.2) is 0 Å². The zero-order valence-electron chi connectivity index (χ0n) is 7.62. The number of nitrogens with zero attached hydrogens (tertiary/aromatic N) is 1. The van der Waals surface area contributed by atoms with Crippen molar-refractivity contribution >= 4 is 5.69 Å². The number of nitrogens with two attached hydrogens (primary N) is 1. The van der Waals surface area contributed by atoms with Gasteiger partial charge >= 0.3 is 0 Å². The Morgan fingerprint density at radius 1 is 1.54 bits per heavy atom. The van der Waals surface area contributed by atoms with E-state index in [0.717, 1.165) is 12.0 Å². The second-order valence-corrected chi connectivity index (χ2v) is 2.76. The Bertz CT molecular complexity index is 359. The van der Waals surface area contributed by atoms with E-state index in [2.05, 4.69) is 6.07 Å². The molecule has 0 fully saturated rings. The Hall–Kier alpha value is -1.75. The van der Waals surface area contributed by atoms with Gasteiger partial charge in [-0.15, -0.1) is 0 Å². The molecule has 1 aromatic carbocycles. The molecule has 0 heterocycles. The van der Waals surface area contributed by atoms with Gasteiger partial charge in [0.1, 0.15) is 6.07 Å². The molecule has 0 spiro atoms. The molecule has 0 aromatic heterocycles. The number of nitrogen functional groups attached to an aromatic ring is 1. The summed E-state index contributed by atoms with van der Waals surface area (Å²) in [5.74, 6) is 0. The maximum absolute atomic E-state index is 8.72. The van der Waals surface area contributed by atoms with Crippen molar-refractivity contribution in [3.8, 4) is 6.07 Å². The van der Waals surface area contributed by atoms with E-state index in [0.29, 0.717) is 11.3 Å². The summed E-state index contributed by atoms with van der Waals surface area (Å²) in [5.41, 5.74) is 7.95. The molecule has 0 aliphatic carbocycles. The molecule has 0 aliphatic rings. The Kier molecular flexibility index (Phi) is 3.10. The van der Waals surface area contributed by atoms with Gasteiger partial charge in [0.05, 0.1) is 11.3 Å². The molecule has 0 atom stereocenters. The van der Waals surface area contributed by atoms with Crippen LogP contribution in [-0.2, 0) is 6.42 Å². The average molecular weight is 172 g/mol. The number of hydrogen-bond acceptors (Lipinski definition) is 2. The smallest absolute Gasteiger partial charge is 0.101 e. The summed E-state index contributed by atoms with van der Waals surface area (Å²) in [6, 6.07) is 7.59. The van der Waals surface area contributed by atoms with Crippen LogP contribution in [-0.4, -0.2) is 0 Å². The highest BCUT2D eigenvalue weighted by Gasteiger charge is 2.01. The monoisotopic (exact) mass is 172 g/mol. The predicted octanol–water partition coefficient (Wildman–Crippen LogP) is 2.26. The van der Waals surface area contributed by atoms with E-state index in [1.54, 1.807) is 6.07 Å². The van der Waals surface area contributed by atoms with Gasteiger partial charge in [-0.3, -0.25) is 0 Å². The third-order valence-electron chi connectivity index (χ3n) is 1.89. The van der Waals surface area contributed by atoms with Crippen LogP contribution in [0.1, 0.15) is 18.1 Å². The van der Waals surface area contributed by atoms with Crippen molar-refractivity contribution in [1.82, 2.24) is 0 Å². The molecule has 1 rings (SSSR count). The highest BCUT2D eigenvalue weighted by Crippen LogP contribution is 2.17. The van der Waals surface area contributed by atoms with Crippen LogP contribution in [0.2, 0.25) is 0 Å². The molecule has 13 heavy (non-hydrogen) atoms. The van der Waals surface area contributed by atoms with Gasteiger partial charge < -0.3 is 5.73 Å². The number of rotatable bonds is 2. The Labute approximate surface area is 78.3 Å². The average Bonchev–Trinajstić information content (AvgIpc) is 2.16. The van der Waals surface area contributed by atoms with E-state index in [1.807, 2.05) is 31.2 Å². The fraction of sp³-hybridized carbons (Fsp3) is 0.182. The molecule has 1 aromatic rings. The molecule has 0 bridgehead atoms. The Morgan fingerprint density at radius 3 is 2.92 bits per heavy atom. The van der Waals surface area contributed by atoms with Crippen LogP contribution in [0.25, 0.3) is 0 Å². The van der Waals surface area contributed by atoms with Gasteiger partial charge in [0, 0.05) is 0 Å². The second-order valence-electron chi connectivity index (χ2n) is 2.76. The van der Waals surface area contributed by atoms with E-state index in [-0.39, 0.29) is 0 Å². The zero-order valence-corrected chi connectivity index (χ0v) is 7.62. The van der Waals surface area contributed by atoms with Crippen molar-refractivity contribution in [3.63, 3.8) is 0 Å². The lowest BCUT2D eigenvalue weighted by molar-refractivity contribution is 1.26. The van der Waals surface area contributed by atoms with Crippen molar-refractivity contribution in [1.29, 1.82) is 5.26 Å². The summed E-state index contributed by atoms with van der Waals surface area (Å²) in [7, 11) is 0. The summed E-state index contributed by atoms with van der Waals surface area (Å²) in [4.78, 5) is 0. The van der Waals surface area contributed by atoms with E-state index >= 15 is 0 Å². The van der Waals surface area contributed by atoms with Crippen LogP contribution in [0.15, 0.2) is 30.4 Å². The molecule has 66 valence electrons. The number of benzene rings is 1. The highest BCUT2D eigenvalue weighted by molar-refractivity contribution is 5.59. The minimum atomic E-state index is 0.557. The summed E-state index contributed by atoms with van der Waals surface area (Å²) in [5, 5.41) is 8.72. The van der Waals surface area contributed by atoms with Crippen molar-refractivity contribution < 1.29 is 0 Å². The fourth-order valence-corrected chi connectivity index (χ4v) is 1.13. The number of allylic oxidation sites excluding steroid dienone is 2. The number of anilines is 1. The van der Waals surface area contributed by atoms with E-state index in [9.17, 15) is 0 Å². The third-order valence-corrected chi connectivity index (χ3v) is 1.89. The summed E-state index contributed by atoms with van der Waals surface area (Å²) in [6.45, 7) is 1.96. The fourth-order valence-electron chi connectivity index (χ4n) is 1.13. The zero-order chi connectivity index (χ0) is 9.68. The van der Waals surface area contributed by atoms with Gasteiger partial charge in [-0.05, 0) is 25.0 Å². The van der Waals surface area contributed by atoms with Crippen LogP contribution in [0.5, 0.6) is 0 Å². The Morgan fingerprint density at radius 2 is 2.31 bits per heavy atom. The maximum Gasteiger partial charge on any atom is 0.101 e. The minimum absolute atomic E-state index is 0.557. The van der Waals surface area contributed by atoms with Crippen LogP contribution in [0, 0.1) is 11.3 Å². The van der Waals surface area contributed by atoms with Crippen LogP contribution >= 0.6 is 0 Å². The first-order chi connectivity index (χ1) is 6.29. The van der Waals surface area contributed by atoms with Gasteiger partial charge in [0.25, 0.3) is 0 Å². The first-order valence-electron chi connectivity index (χ1n) is 4.18. The second kappa shape index (κ2) is 4.32. The van der Waals surface area contributed by atoms with E-state index in [4.69, 9.17) is 11.0 Å². The lowest BCUT2D eigenvalue weighted by atomic mass is 10.1. The topological polar surface area (TPSA) is 49.8 Å². The van der Waals surface area contributed by atoms with Crippen molar-refractivity contribution in [2.24, 2.45) is 0 Å². The quantitative estimate of drug-likeness (QED) is 0.549. The van der Waals surface area contributed by atoms with Gasteiger partial charge in [0.2, 0.25) is 0 Å². The molecule has 0 aliphatic heterocycles. The molecule has 2 N–H and O–H groups in total. The van der Waals surface area contributed by atoms with E-state index < -0.39 is 0 Å². The summed E-state index contributed by atoms with van der Waals surface area (Å²) < 4.78 is 0. The number of hydrogen-bond donors (Lipinski definition) is 1. The third kappa shape index (κ3) is 2.09. The molecule has 2 nitrogen and oxygen atoms in total. The largest absolute Gasteiger partial charge is 0.397 e. The summed E-state index contributed by atoms with van der Waals surface area (Å²) >= 11 is 0. The van der Waals surface area contributed by atoms with Crippen LogP contribution < -0.4 is 5.73 Å². The molecule has 0 amide bonds. The maximum atomic E-state index is 8.72. The molecule has 2 heteroatoms. The van der Waals surface area contributed by atoms with Crippen molar-refractivity contribution in [3.05, 3.63) is 41.5 Å². The molecule has 0 saturated heterocycles. The first kappa shape index (κ1) is 9.34. The van der Waals surface area contributed by atoms with Gasteiger partial charge in [-0.25, -0.2) is 0 Å². The van der Waals surface area contributed by atoms with Crippen molar-refractivity contribution in [2.75, 3.05) is 5.73 Å². The van der Waals surface area contributed by atoms with Crippen molar-refractivity contribution in [2.45, 2.75) is 13.3 Å². The van der Waals surface area contributed by atoms with Crippen LogP contribution in [0.3, 0.4) is 0 Å². The molecule has 0 unspecified atom stereocenters. The molecular weight excluding hydrogens is 160 g/mol. The summed E-state index contributed by atoms with van der Waals surface area (Å²) in [6.07, 6.45) is 4.78. The predicted molar refractivity (Wildman–Crippen MR) is 54.1 cm³/mol. The lowest BCUT2D eigenvalue weighted by Crippen LogP contribution is -1.96. The highest BCUT2D eigenvalue weighted by atomic mass is 14.6. The van der Waals surface area contributed by atoms with Crippen LogP contribution in [0.4, 0.5) is 5.69 Å².